The molecule has 2 unspecified atom stereocenters. The Hall–Kier alpha value is -0.610. The molecule has 4 nitrogen and oxygen atoms in total. The Bertz CT molecular complexity index is 149. The fourth-order valence-electron chi connectivity index (χ4n) is 1.21. The topological polar surface area (TPSA) is 67.1 Å². The number of nitrogens with two attached hydrogens (primary N) is 1. The van der Waals surface area contributed by atoms with Crippen LogP contribution in [0.1, 0.15) is 13.3 Å². The predicted molar refractivity (Wildman–Crippen MR) is 43.1 cm³/mol. The van der Waals surface area contributed by atoms with Crippen molar-refractivity contribution < 1.29 is 4.79 Å². The van der Waals surface area contributed by atoms with E-state index in [1.807, 2.05) is 0 Å². The molecular formula is C7H15N3O. The van der Waals surface area contributed by atoms with E-state index < -0.39 is 0 Å². The molecule has 1 saturated heterocycles. The Balaban J connectivity index is 2.40. The lowest BCUT2D eigenvalue weighted by Gasteiger charge is -2.10. The molecule has 1 aliphatic rings. The third-order valence-corrected chi connectivity index (χ3v) is 1.94. The van der Waals surface area contributed by atoms with Crippen LogP contribution < -0.4 is 16.4 Å². The molecule has 0 saturated carbocycles. The Morgan fingerprint density at radius 3 is 2.91 bits per heavy atom. The van der Waals surface area contributed by atoms with Gasteiger partial charge in [0.15, 0.2) is 0 Å². The fraction of sp³-hybridized carbons (Fsp3) is 0.857. The highest BCUT2D eigenvalue weighted by atomic mass is 16.1. The second-order valence-corrected chi connectivity index (χ2v) is 3.01. The van der Waals surface area contributed by atoms with Gasteiger partial charge >= 0.3 is 0 Å². The minimum atomic E-state index is -0.249. The number of carbonyl (C=O) groups is 1. The maximum Gasteiger partial charge on any atom is 0.234 e. The second kappa shape index (κ2) is 3.69. The van der Waals surface area contributed by atoms with Gasteiger partial charge in [-0.3, -0.25) is 4.79 Å². The van der Waals surface area contributed by atoms with Gasteiger partial charge < -0.3 is 16.4 Å². The highest BCUT2D eigenvalue weighted by molar-refractivity contribution is 5.79. The molecule has 1 fully saturated rings. The maximum absolute atomic E-state index is 10.7. The average molecular weight is 157 g/mol. The van der Waals surface area contributed by atoms with Crippen molar-refractivity contribution in [2.24, 2.45) is 5.73 Å². The SMILES string of the molecule is CC1CNC(C(N)=O)CCN1. The summed E-state index contributed by atoms with van der Waals surface area (Å²) in [5.74, 6) is -0.249. The Kier molecular flexibility index (Phi) is 2.84. The molecule has 0 aromatic rings. The fourth-order valence-corrected chi connectivity index (χ4v) is 1.21. The molecule has 4 heteroatoms. The van der Waals surface area contributed by atoms with E-state index in [0.29, 0.717) is 6.04 Å². The molecule has 4 N–H and O–H groups in total. The third-order valence-electron chi connectivity index (χ3n) is 1.94. The summed E-state index contributed by atoms with van der Waals surface area (Å²) >= 11 is 0. The van der Waals surface area contributed by atoms with E-state index in [1.54, 1.807) is 0 Å². The van der Waals surface area contributed by atoms with E-state index in [0.717, 1.165) is 19.5 Å². The maximum atomic E-state index is 10.7. The lowest BCUT2D eigenvalue weighted by Crippen LogP contribution is -2.42. The normalized spacial score (nSPS) is 32.8. The zero-order valence-electron chi connectivity index (χ0n) is 6.76. The van der Waals surface area contributed by atoms with Crippen LogP contribution in [0.3, 0.4) is 0 Å². The summed E-state index contributed by atoms with van der Waals surface area (Å²) in [5, 5.41) is 6.35. The zero-order valence-corrected chi connectivity index (χ0v) is 6.76. The molecular weight excluding hydrogens is 142 g/mol. The van der Waals surface area contributed by atoms with Gasteiger partial charge in [-0.1, -0.05) is 0 Å². The number of nitrogens with one attached hydrogen (secondary N) is 2. The number of primary amides is 1. The van der Waals surface area contributed by atoms with Crippen molar-refractivity contribution in [1.82, 2.24) is 10.6 Å². The van der Waals surface area contributed by atoms with Crippen molar-refractivity contribution in [3.8, 4) is 0 Å². The quantitative estimate of drug-likeness (QED) is 0.448. The molecule has 64 valence electrons. The van der Waals surface area contributed by atoms with Crippen LogP contribution in [-0.2, 0) is 4.79 Å². The van der Waals surface area contributed by atoms with Crippen LogP contribution in [0.5, 0.6) is 0 Å². The number of amides is 1. The van der Waals surface area contributed by atoms with Crippen LogP contribution in [0.15, 0.2) is 0 Å². The van der Waals surface area contributed by atoms with Crippen molar-refractivity contribution in [1.29, 1.82) is 0 Å². The summed E-state index contributed by atoms with van der Waals surface area (Å²) in [6, 6.07) is 0.284. The Labute approximate surface area is 66.5 Å². The van der Waals surface area contributed by atoms with E-state index in [2.05, 4.69) is 17.6 Å². The van der Waals surface area contributed by atoms with Gasteiger partial charge in [-0.05, 0) is 19.9 Å². The predicted octanol–water partition coefficient (Wildman–Crippen LogP) is -1.19. The molecule has 1 heterocycles. The second-order valence-electron chi connectivity index (χ2n) is 3.01. The van der Waals surface area contributed by atoms with Crippen LogP contribution in [-0.4, -0.2) is 31.1 Å². The van der Waals surface area contributed by atoms with Crippen molar-refractivity contribution in [2.45, 2.75) is 25.4 Å². The molecule has 0 spiro atoms. The first-order chi connectivity index (χ1) is 5.20. The lowest BCUT2D eigenvalue weighted by atomic mass is 10.2. The zero-order chi connectivity index (χ0) is 8.27. The summed E-state index contributed by atoms with van der Waals surface area (Å²) in [7, 11) is 0. The average Bonchev–Trinajstić information content (AvgIpc) is 2.13. The summed E-state index contributed by atoms with van der Waals surface area (Å²) in [6.45, 7) is 3.76. The molecule has 0 aromatic carbocycles. The van der Waals surface area contributed by atoms with Crippen LogP contribution in [0.4, 0.5) is 0 Å². The summed E-state index contributed by atoms with van der Waals surface area (Å²) < 4.78 is 0. The molecule has 0 aliphatic carbocycles. The van der Waals surface area contributed by atoms with Gasteiger partial charge in [0.25, 0.3) is 0 Å². The first kappa shape index (κ1) is 8.49. The van der Waals surface area contributed by atoms with Crippen LogP contribution in [0.25, 0.3) is 0 Å². The van der Waals surface area contributed by atoms with E-state index >= 15 is 0 Å². The van der Waals surface area contributed by atoms with E-state index in [4.69, 9.17) is 5.73 Å². The summed E-state index contributed by atoms with van der Waals surface area (Å²) in [5.41, 5.74) is 5.15. The molecule has 0 radical (unpaired) electrons. The Morgan fingerprint density at radius 2 is 2.27 bits per heavy atom. The molecule has 0 bridgehead atoms. The number of carbonyl (C=O) groups excluding carboxylic acids is 1. The van der Waals surface area contributed by atoms with E-state index in [1.165, 1.54) is 0 Å². The summed E-state index contributed by atoms with van der Waals surface area (Å²) in [6.07, 6.45) is 0.791. The van der Waals surface area contributed by atoms with Crippen molar-refractivity contribution in [2.75, 3.05) is 13.1 Å². The van der Waals surface area contributed by atoms with Crippen LogP contribution in [0.2, 0.25) is 0 Å². The van der Waals surface area contributed by atoms with Crippen molar-refractivity contribution in [3.05, 3.63) is 0 Å². The van der Waals surface area contributed by atoms with Gasteiger partial charge in [-0.15, -0.1) is 0 Å². The molecule has 1 amide bonds. The molecule has 1 rings (SSSR count). The Morgan fingerprint density at radius 1 is 1.55 bits per heavy atom. The van der Waals surface area contributed by atoms with E-state index in [9.17, 15) is 4.79 Å². The van der Waals surface area contributed by atoms with Crippen LogP contribution in [0, 0.1) is 0 Å². The van der Waals surface area contributed by atoms with Crippen LogP contribution >= 0.6 is 0 Å². The van der Waals surface area contributed by atoms with E-state index in [-0.39, 0.29) is 11.9 Å². The standard InChI is InChI=1S/C7H15N3O/c1-5-4-10-6(7(8)11)2-3-9-5/h5-6,9-10H,2-4H2,1H3,(H2,8,11). The first-order valence-corrected chi connectivity index (χ1v) is 3.96. The highest BCUT2D eigenvalue weighted by Gasteiger charge is 2.18. The largest absolute Gasteiger partial charge is 0.368 e. The number of hydrogen-bond acceptors (Lipinski definition) is 3. The van der Waals surface area contributed by atoms with Gasteiger partial charge in [0.1, 0.15) is 0 Å². The number of hydrogen-bond donors (Lipinski definition) is 3. The smallest absolute Gasteiger partial charge is 0.234 e. The van der Waals surface area contributed by atoms with Gasteiger partial charge in [0.2, 0.25) is 5.91 Å². The molecule has 2 atom stereocenters. The minimum absolute atomic E-state index is 0.146. The van der Waals surface area contributed by atoms with Gasteiger partial charge in [-0.25, -0.2) is 0 Å². The highest BCUT2D eigenvalue weighted by Crippen LogP contribution is 1.95. The third kappa shape index (κ3) is 2.48. The summed E-state index contributed by atoms with van der Waals surface area (Å²) in [4.78, 5) is 10.7. The molecule has 11 heavy (non-hydrogen) atoms. The van der Waals surface area contributed by atoms with Gasteiger partial charge in [-0.2, -0.15) is 0 Å². The van der Waals surface area contributed by atoms with Gasteiger partial charge in [0.05, 0.1) is 6.04 Å². The lowest BCUT2D eigenvalue weighted by molar-refractivity contribution is -0.120. The minimum Gasteiger partial charge on any atom is -0.368 e. The first-order valence-electron chi connectivity index (χ1n) is 3.96. The molecule has 0 aromatic heterocycles. The van der Waals surface area contributed by atoms with Gasteiger partial charge in [0, 0.05) is 12.6 Å². The monoisotopic (exact) mass is 157 g/mol. The molecule has 1 aliphatic heterocycles. The number of rotatable bonds is 1. The van der Waals surface area contributed by atoms with Crippen molar-refractivity contribution in [3.63, 3.8) is 0 Å². The van der Waals surface area contributed by atoms with Crippen molar-refractivity contribution >= 4 is 5.91 Å².